The first-order valence-electron chi connectivity index (χ1n) is 10.5. The molecule has 10 heteroatoms. The number of methoxy groups -OCH3 is 3. The number of benzene rings is 3. The van der Waals surface area contributed by atoms with Gasteiger partial charge in [-0.1, -0.05) is 41.4 Å². The molecule has 1 saturated heterocycles. The van der Waals surface area contributed by atoms with E-state index in [1.807, 2.05) is 0 Å². The third-order valence-corrected chi connectivity index (χ3v) is 6.37. The van der Waals surface area contributed by atoms with E-state index in [1.165, 1.54) is 45.6 Å². The van der Waals surface area contributed by atoms with Crippen LogP contribution in [0, 0.1) is 5.82 Å². The molecular formula is C26H20Cl2FNO6. The van der Waals surface area contributed by atoms with Crippen molar-refractivity contribution in [3.8, 4) is 17.2 Å². The van der Waals surface area contributed by atoms with Gasteiger partial charge in [-0.15, -0.1) is 0 Å². The molecule has 3 aromatic rings. The average molecular weight is 532 g/mol. The third kappa shape index (κ3) is 4.23. The highest BCUT2D eigenvalue weighted by atomic mass is 35.5. The quantitative estimate of drug-likeness (QED) is 0.246. The van der Waals surface area contributed by atoms with Gasteiger partial charge < -0.3 is 19.3 Å². The number of hydrogen-bond donors (Lipinski definition) is 1. The second kappa shape index (κ2) is 10.1. The van der Waals surface area contributed by atoms with Gasteiger partial charge in [-0.2, -0.15) is 0 Å². The Morgan fingerprint density at radius 2 is 1.56 bits per heavy atom. The van der Waals surface area contributed by atoms with Gasteiger partial charge in [-0.3, -0.25) is 14.5 Å². The number of aliphatic hydroxyl groups is 1. The Hall–Kier alpha value is -3.75. The van der Waals surface area contributed by atoms with Crippen molar-refractivity contribution in [2.75, 3.05) is 26.2 Å². The van der Waals surface area contributed by atoms with Gasteiger partial charge >= 0.3 is 0 Å². The zero-order valence-corrected chi connectivity index (χ0v) is 20.9. The molecule has 1 amide bonds. The summed E-state index contributed by atoms with van der Waals surface area (Å²) in [5, 5.41) is 11.3. The Labute approximate surface area is 216 Å². The minimum absolute atomic E-state index is 0.0679. The van der Waals surface area contributed by atoms with E-state index in [-0.39, 0.29) is 38.4 Å². The standard InChI is InChI=1S/C26H20Cl2FNO6/c1-34-19-7-5-4-6-14(19)23-22(24(31)15-11-17(28)21(36-3)12-20(15)35-2)25(32)26(33)30(23)13-8-9-18(29)16(27)10-13/h4-12,23,31H,1-3H3/b24-22+. The number of carbonyl (C=O) groups excluding carboxylic acids is 2. The molecule has 3 aromatic carbocycles. The Kier molecular flexibility index (Phi) is 7.10. The summed E-state index contributed by atoms with van der Waals surface area (Å²) >= 11 is 12.3. The minimum Gasteiger partial charge on any atom is -0.507 e. The van der Waals surface area contributed by atoms with Crippen molar-refractivity contribution in [3.05, 3.63) is 87.2 Å². The van der Waals surface area contributed by atoms with Crippen molar-refractivity contribution in [1.82, 2.24) is 0 Å². The van der Waals surface area contributed by atoms with Crippen molar-refractivity contribution in [3.63, 3.8) is 0 Å². The normalized spacial score (nSPS) is 16.8. The number of halogens is 3. The molecule has 36 heavy (non-hydrogen) atoms. The molecule has 1 heterocycles. The van der Waals surface area contributed by atoms with E-state index in [4.69, 9.17) is 37.4 Å². The number of aliphatic hydroxyl groups excluding tert-OH is 1. The summed E-state index contributed by atoms with van der Waals surface area (Å²) in [7, 11) is 4.23. The highest BCUT2D eigenvalue weighted by Crippen LogP contribution is 2.47. The van der Waals surface area contributed by atoms with Crippen LogP contribution >= 0.6 is 23.2 Å². The molecule has 0 bridgehead atoms. The predicted molar refractivity (Wildman–Crippen MR) is 134 cm³/mol. The summed E-state index contributed by atoms with van der Waals surface area (Å²) in [5.41, 5.74) is 0.376. The molecule has 0 radical (unpaired) electrons. The minimum atomic E-state index is -1.15. The largest absolute Gasteiger partial charge is 0.507 e. The molecule has 1 atom stereocenters. The monoisotopic (exact) mass is 531 g/mol. The van der Waals surface area contributed by atoms with Crippen molar-refractivity contribution in [1.29, 1.82) is 0 Å². The van der Waals surface area contributed by atoms with Crippen LogP contribution in [-0.2, 0) is 9.59 Å². The van der Waals surface area contributed by atoms with Gasteiger partial charge in [0.25, 0.3) is 11.7 Å². The van der Waals surface area contributed by atoms with E-state index >= 15 is 0 Å². The van der Waals surface area contributed by atoms with Crippen LogP contribution in [0.2, 0.25) is 10.0 Å². The van der Waals surface area contributed by atoms with Crippen molar-refractivity contribution in [2.45, 2.75) is 6.04 Å². The van der Waals surface area contributed by atoms with Gasteiger partial charge in [-0.25, -0.2) is 4.39 Å². The fourth-order valence-corrected chi connectivity index (χ4v) is 4.53. The number of ketones is 1. The highest BCUT2D eigenvalue weighted by Gasteiger charge is 2.48. The smallest absolute Gasteiger partial charge is 0.300 e. The first-order valence-corrected chi connectivity index (χ1v) is 11.3. The number of nitrogens with zero attached hydrogens (tertiary/aromatic N) is 1. The number of anilines is 1. The molecule has 1 aliphatic rings. The van der Waals surface area contributed by atoms with Crippen LogP contribution in [0.15, 0.2) is 60.2 Å². The lowest BCUT2D eigenvalue weighted by Gasteiger charge is -2.27. The molecule has 1 fully saturated rings. The molecule has 0 aromatic heterocycles. The van der Waals surface area contributed by atoms with Gasteiger partial charge in [0, 0.05) is 17.3 Å². The number of carbonyl (C=O) groups is 2. The zero-order valence-electron chi connectivity index (χ0n) is 19.3. The van der Waals surface area contributed by atoms with Crippen molar-refractivity contribution in [2.24, 2.45) is 0 Å². The van der Waals surface area contributed by atoms with Crippen LogP contribution in [0.25, 0.3) is 5.76 Å². The first kappa shape index (κ1) is 25.3. The van der Waals surface area contributed by atoms with Gasteiger partial charge in [-0.05, 0) is 30.3 Å². The van der Waals surface area contributed by atoms with Gasteiger partial charge in [0.05, 0.1) is 48.6 Å². The van der Waals surface area contributed by atoms with Gasteiger partial charge in [0.2, 0.25) is 0 Å². The average Bonchev–Trinajstić information content (AvgIpc) is 3.15. The maximum absolute atomic E-state index is 13.9. The Balaban J connectivity index is 2.03. The zero-order chi connectivity index (χ0) is 26.1. The number of hydrogen-bond acceptors (Lipinski definition) is 6. The molecular weight excluding hydrogens is 512 g/mol. The Morgan fingerprint density at radius 1 is 0.889 bits per heavy atom. The van der Waals surface area contributed by atoms with Crippen LogP contribution in [0.4, 0.5) is 10.1 Å². The van der Waals surface area contributed by atoms with E-state index in [9.17, 15) is 19.1 Å². The lowest BCUT2D eigenvalue weighted by atomic mass is 9.94. The summed E-state index contributed by atoms with van der Waals surface area (Å²) in [6.07, 6.45) is 0. The molecule has 1 aliphatic heterocycles. The fourth-order valence-electron chi connectivity index (χ4n) is 4.11. The molecule has 1 unspecified atom stereocenters. The first-order chi connectivity index (χ1) is 17.2. The van der Waals surface area contributed by atoms with E-state index in [0.717, 1.165) is 11.0 Å². The number of amides is 1. The van der Waals surface area contributed by atoms with E-state index < -0.39 is 29.3 Å². The number of rotatable bonds is 6. The number of Topliss-reactive ketones (excluding diaryl/α,β-unsaturated/α-hetero) is 1. The molecule has 0 aliphatic carbocycles. The SMILES string of the molecule is COc1cc(OC)c(/C(O)=C2\C(=O)C(=O)N(c3ccc(F)c(Cl)c3)C2c2ccccc2OC)cc1Cl. The summed E-state index contributed by atoms with van der Waals surface area (Å²) in [5.74, 6) is -2.35. The van der Waals surface area contributed by atoms with Crippen LogP contribution in [0.3, 0.4) is 0 Å². The van der Waals surface area contributed by atoms with Crippen LogP contribution in [0.5, 0.6) is 17.2 Å². The predicted octanol–water partition coefficient (Wildman–Crippen LogP) is 5.78. The fraction of sp³-hybridized carbons (Fsp3) is 0.154. The topological polar surface area (TPSA) is 85.3 Å². The molecule has 0 spiro atoms. The van der Waals surface area contributed by atoms with Crippen LogP contribution in [-0.4, -0.2) is 38.1 Å². The maximum atomic E-state index is 13.9. The Bertz CT molecular complexity index is 1410. The third-order valence-electron chi connectivity index (χ3n) is 5.79. The lowest BCUT2D eigenvalue weighted by Crippen LogP contribution is -2.29. The second-order valence-corrected chi connectivity index (χ2v) is 8.51. The van der Waals surface area contributed by atoms with Gasteiger partial charge in [0.1, 0.15) is 28.8 Å². The van der Waals surface area contributed by atoms with Crippen molar-refractivity contribution < 1.29 is 33.3 Å². The van der Waals surface area contributed by atoms with Crippen molar-refractivity contribution >= 4 is 46.3 Å². The molecule has 0 saturated carbocycles. The summed E-state index contributed by atoms with van der Waals surface area (Å²) < 4.78 is 30.0. The second-order valence-electron chi connectivity index (χ2n) is 7.70. The van der Waals surface area contributed by atoms with E-state index in [1.54, 1.807) is 24.3 Å². The summed E-state index contributed by atoms with van der Waals surface area (Å²) in [4.78, 5) is 27.9. The molecule has 4 rings (SSSR count). The molecule has 7 nitrogen and oxygen atoms in total. The Morgan fingerprint density at radius 3 is 2.19 bits per heavy atom. The number of ether oxygens (including phenoxy) is 3. The van der Waals surface area contributed by atoms with Crippen LogP contribution < -0.4 is 19.1 Å². The van der Waals surface area contributed by atoms with E-state index in [2.05, 4.69) is 0 Å². The van der Waals surface area contributed by atoms with Crippen LogP contribution in [0.1, 0.15) is 17.2 Å². The van der Waals surface area contributed by atoms with E-state index in [0.29, 0.717) is 11.3 Å². The lowest BCUT2D eigenvalue weighted by molar-refractivity contribution is -0.132. The van der Waals surface area contributed by atoms with Gasteiger partial charge in [0.15, 0.2) is 0 Å². The maximum Gasteiger partial charge on any atom is 0.300 e. The summed E-state index contributed by atoms with van der Waals surface area (Å²) in [6.45, 7) is 0. The number of para-hydroxylation sites is 1. The summed E-state index contributed by atoms with van der Waals surface area (Å²) in [6, 6.07) is 12.0. The molecule has 1 N–H and O–H groups in total. The molecule has 186 valence electrons. The highest BCUT2D eigenvalue weighted by molar-refractivity contribution is 6.52.